The number of halogens is 1. The normalized spacial score (nSPS) is 26.3. The predicted molar refractivity (Wildman–Crippen MR) is 80.6 cm³/mol. The lowest BCUT2D eigenvalue weighted by Crippen LogP contribution is -2.49. The summed E-state index contributed by atoms with van der Waals surface area (Å²) in [5.74, 6) is 0.655. The third-order valence-corrected chi connectivity index (χ3v) is 4.48. The molecule has 1 saturated carbocycles. The zero-order valence-electron chi connectivity index (χ0n) is 12.4. The van der Waals surface area contributed by atoms with E-state index in [9.17, 15) is 4.39 Å². The van der Waals surface area contributed by atoms with E-state index in [0.717, 1.165) is 24.4 Å². The largest absolute Gasteiger partial charge is 0.494 e. The number of hydrogen-bond acceptors (Lipinski definition) is 3. The van der Waals surface area contributed by atoms with Crippen molar-refractivity contribution in [2.45, 2.75) is 44.6 Å². The van der Waals surface area contributed by atoms with Crippen LogP contribution in [-0.4, -0.2) is 19.2 Å². The number of nitrogens with one attached hydrogen (secondary N) is 1. The predicted octanol–water partition coefficient (Wildman–Crippen LogP) is 3.54. The van der Waals surface area contributed by atoms with Crippen LogP contribution >= 0.6 is 0 Å². The van der Waals surface area contributed by atoms with Gasteiger partial charge >= 0.3 is 0 Å². The molecule has 2 atom stereocenters. The highest BCUT2D eigenvalue weighted by molar-refractivity contribution is 5.51. The van der Waals surface area contributed by atoms with Crippen LogP contribution < -0.4 is 15.8 Å². The fourth-order valence-electron chi connectivity index (χ4n) is 3.23. The molecule has 1 aliphatic rings. The van der Waals surface area contributed by atoms with Crippen LogP contribution in [0, 0.1) is 11.7 Å². The molecule has 0 amide bonds. The number of ether oxygens (including phenoxy) is 1. The summed E-state index contributed by atoms with van der Waals surface area (Å²) >= 11 is 0. The second-order valence-electron chi connectivity index (χ2n) is 5.83. The van der Waals surface area contributed by atoms with Crippen LogP contribution in [-0.2, 0) is 0 Å². The summed E-state index contributed by atoms with van der Waals surface area (Å²) in [4.78, 5) is 0. The molecule has 0 heterocycles. The third kappa shape index (κ3) is 3.23. The van der Waals surface area contributed by atoms with Crippen molar-refractivity contribution in [2.75, 3.05) is 19.0 Å². The van der Waals surface area contributed by atoms with Gasteiger partial charge in [0.15, 0.2) is 11.6 Å². The monoisotopic (exact) mass is 280 g/mol. The zero-order valence-corrected chi connectivity index (χ0v) is 12.4. The summed E-state index contributed by atoms with van der Waals surface area (Å²) in [5, 5.41) is 3.54. The Kier molecular flexibility index (Phi) is 4.86. The van der Waals surface area contributed by atoms with Gasteiger partial charge in [-0.25, -0.2) is 4.39 Å². The Balaban J connectivity index is 2.17. The molecule has 0 spiro atoms. The van der Waals surface area contributed by atoms with E-state index in [1.54, 1.807) is 12.1 Å². The summed E-state index contributed by atoms with van der Waals surface area (Å²) in [6.07, 6.45) is 5.82. The summed E-state index contributed by atoms with van der Waals surface area (Å²) in [7, 11) is 1.48. The van der Waals surface area contributed by atoms with Crippen molar-refractivity contribution in [1.82, 2.24) is 0 Å². The molecule has 1 aliphatic carbocycles. The van der Waals surface area contributed by atoms with E-state index in [4.69, 9.17) is 10.5 Å². The molecule has 20 heavy (non-hydrogen) atoms. The maximum atomic E-state index is 13.5. The van der Waals surface area contributed by atoms with Crippen molar-refractivity contribution in [1.29, 1.82) is 0 Å². The molecule has 0 saturated heterocycles. The minimum atomic E-state index is -0.338. The summed E-state index contributed by atoms with van der Waals surface area (Å²) in [5.41, 5.74) is 6.85. The van der Waals surface area contributed by atoms with Crippen LogP contribution in [0.2, 0.25) is 0 Å². The van der Waals surface area contributed by atoms with Gasteiger partial charge in [-0.3, -0.25) is 0 Å². The molecular weight excluding hydrogens is 255 g/mol. The van der Waals surface area contributed by atoms with E-state index in [-0.39, 0.29) is 17.1 Å². The first-order chi connectivity index (χ1) is 9.62. The molecule has 1 aromatic carbocycles. The molecule has 3 N–H and O–H groups in total. The smallest absolute Gasteiger partial charge is 0.165 e. The van der Waals surface area contributed by atoms with Crippen molar-refractivity contribution in [3.63, 3.8) is 0 Å². The Morgan fingerprint density at radius 3 is 2.95 bits per heavy atom. The molecule has 3 nitrogen and oxygen atoms in total. The topological polar surface area (TPSA) is 47.3 Å². The van der Waals surface area contributed by atoms with E-state index in [0.29, 0.717) is 6.54 Å². The first-order valence-electron chi connectivity index (χ1n) is 7.44. The van der Waals surface area contributed by atoms with Gasteiger partial charge in [0, 0.05) is 23.8 Å². The number of hydrogen-bond donors (Lipinski definition) is 2. The van der Waals surface area contributed by atoms with Crippen molar-refractivity contribution < 1.29 is 9.13 Å². The maximum Gasteiger partial charge on any atom is 0.165 e. The Hall–Kier alpha value is -1.29. The maximum absolute atomic E-state index is 13.5. The van der Waals surface area contributed by atoms with Gasteiger partial charge in [0.2, 0.25) is 0 Å². The van der Waals surface area contributed by atoms with Crippen molar-refractivity contribution in [2.24, 2.45) is 11.7 Å². The first-order valence-corrected chi connectivity index (χ1v) is 7.44. The van der Waals surface area contributed by atoms with Gasteiger partial charge in [-0.1, -0.05) is 26.2 Å². The van der Waals surface area contributed by atoms with E-state index >= 15 is 0 Å². The van der Waals surface area contributed by atoms with E-state index in [1.165, 1.54) is 32.4 Å². The SMILES string of the molecule is CCC1CCCC(CN)(Nc2ccc(F)c(OC)c2)C1. The molecule has 1 aromatic rings. The molecule has 2 rings (SSSR count). The number of methoxy groups -OCH3 is 1. The first kappa shape index (κ1) is 15.1. The number of rotatable bonds is 5. The van der Waals surface area contributed by atoms with E-state index in [1.807, 2.05) is 0 Å². The molecule has 0 aromatic heterocycles. The Labute approximate surface area is 120 Å². The lowest BCUT2D eigenvalue weighted by molar-refractivity contribution is 0.244. The van der Waals surface area contributed by atoms with Gasteiger partial charge in [0.25, 0.3) is 0 Å². The quantitative estimate of drug-likeness (QED) is 0.867. The molecular formula is C16H25FN2O. The summed E-state index contributed by atoms with van der Waals surface area (Å²) in [6.45, 7) is 2.83. The number of benzene rings is 1. The van der Waals surface area contributed by atoms with Crippen LogP contribution in [0.15, 0.2) is 18.2 Å². The standard InChI is InChI=1S/C16H25FN2O/c1-3-12-5-4-8-16(10-12,11-18)19-13-6-7-14(17)15(9-13)20-2/h6-7,9,12,19H,3-5,8,10-11,18H2,1-2H3. The number of anilines is 1. The number of nitrogens with two attached hydrogens (primary N) is 1. The average Bonchev–Trinajstić information content (AvgIpc) is 2.49. The van der Waals surface area contributed by atoms with Crippen LogP contribution in [0.1, 0.15) is 39.0 Å². The van der Waals surface area contributed by atoms with Gasteiger partial charge in [-0.05, 0) is 30.9 Å². The van der Waals surface area contributed by atoms with E-state index < -0.39 is 0 Å². The lowest BCUT2D eigenvalue weighted by atomic mass is 9.74. The third-order valence-electron chi connectivity index (χ3n) is 4.48. The van der Waals surface area contributed by atoms with Crippen molar-refractivity contribution in [3.05, 3.63) is 24.0 Å². The lowest BCUT2D eigenvalue weighted by Gasteiger charge is -2.41. The second kappa shape index (κ2) is 6.44. The fourth-order valence-corrected chi connectivity index (χ4v) is 3.23. The minimum absolute atomic E-state index is 0.0677. The van der Waals surface area contributed by atoms with Crippen molar-refractivity contribution in [3.8, 4) is 5.75 Å². The zero-order chi connectivity index (χ0) is 14.6. The van der Waals surface area contributed by atoms with Crippen LogP contribution in [0.4, 0.5) is 10.1 Å². The average molecular weight is 280 g/mol. The highest BCUT2D eigenvalue weighted by Gasteiger charge is 2.34. The summed E-state index contributed by atoms with van der Waals surface area (Å²) in [6, 6.07) is 4.90. The molecule has 0 aliphatic heterocycles. The van der Waals surface area contributed by atoms with E-state index in [2.05, 4.69) is 12.2 Å². The molecule has 0 radical (unpaired) electrons. The summed E-state index contributed by atoms with van der Waals surface area (Å²) < 4.78 is 18.5. The van der Waals surface area contributed by atoms with Gasteiger partial charge in [-0.15, -0.1) is 0 Å². The van der Waals surface area contributed by atoms with Gasteiger partial charge < -0.3 is 15.8 Å². The van der Waals surface area contributed by atoms with Crippen LogP contribution in [0.25, 0.3) is 0 Å². The molecule has 0 bridgehead atoms. The molecule has 1 fully saturated rings. The Morgan fingerprint density at radius 2 is 2.30 bits per heavy atom. The van der Waals surface area contributed by atoms with Crippen LogP contribution in [0.3, 0.4) is 0 Å². The molecule has 112 valence electrons. The molecule has 2 unspecified atom stereocenters. The highest BCUT2D eigenvalue weighted by Crippen LogP contribution is 2.36. The minimum Gasteiger partial charge on any atom is -0.494 e. The molecule has 4 heteroatoms. The fraction of sp³-hybridized carbons (Fsp3) is 0.625. The van der Waals surface area contributed by atoms with Gasteiger partial charge in [0.05, 0.1) is 7.11 Å². The Bertz CT molecular complexity index is 452. The van der Waals surface area contributed by atoms with Gasteiger partial charge in [-0.2, -0.15) is 0 Å². The highest BCUT2D eigenvalue weighted by atomic mass is 19.1. The van der Waals surface area contributed by atoms with Crippen molar-refractivity contribution >= 4 is 5.69 Å². The van der Waals surface area contributed by atoms with Crippen LogP contribution in [0.5, 0.6) is 5.75 Å². The Morgan fingerprint density at radius 1 is 1.50 bits per heavy atom. The second-order valence-corrected chi connectivity index (χ2v) is 5.83. The van der Waals surface area contributed by atoms with Gasteiger partial charge in [0.1, 0.15) is 0 Å².